The molecule has 3 aromatic heterocycles. The second-order valence-electron chi connectivity index (χ2n) is 4.39. The molecule has 3 aromatic rings. The maximum atomic E-state index is 10.6. The number of aliphatic carboxylic acids is 1. The maximum Gasteiger partial charge on any atom is 0.303 e. The van der Waals surface area contributed by atoms with Crippen LogP contribution in [0.1, 0.15) is 12.1 Å². The molecule has 0 aromatic carbocycles. The molecule has 0 saturated carbocycles. The number of carboxylic acids is 1. The van der Waals surface area contributed by atoms with Crippen molar-refractivity contribution in [1.82, 2.24) is 19.6 Å². The molecule has 0 aliphatic heterocycles. The Morgan fingerprint density at radius 1 is 1.30 bits per heavy atom. The average molecular weight is 268 g/mol. The summed E-state index contributed by atoms with van der Waals surface area (Å²) in [5.41, 5.74) is 3.16. The van der Waals surface area contributed by atoms with Crippen molar-refractivity contribution in [2.45, 2.75) is 12.8 Å². The Balaban J connectivity index is 1.93. The molecule has 0 radical (unpaired) electrons. The van der Waals surface area contributed by atoms with Crippen molar-refractivity contribution in [2.75, 3.05) is 0 Å². The Kier molecular flexibility index (Phi) is 3.12. The highest BCUT2D eigenvalue weighted by molar-refractivity contribution is 5.67. The quantitative estimate of drug-likeness (QED) is 0.780. The number of hydrogen-bond acceptors (Lipinski definition) is 4. The predicted octanol–water partition coefficient (Wildman–Crippen LogP) is 1.81. The van der Waals surface area contributed by atoms with Gasteiger partial charge < -0.3 is 5.11 Å². The predicted molar refractivity (Wildman–Crippen MR) is 72.2 cm³/mol. The summed E-state index contributed by atoms with van der Waals surface area (Å²) >= 11 is 0. The van der Waals surface area contributed by atoms with Crippen molar-refractivity contribution in [3.8, 4) is 11.3 Å². The van der Waals surface area contributed by atoms with Crippen molar-refractivity contribution in [2.24, 2.45) is 0 Å². The van der Waals surface area contributed by atoms with Gasteiger partial charge in [-0.1, -0.05) is 0 Å². The van der Waals surface area contributed by atoms with Crippen LogP contribution < -0.4 is 0 Å². The molecule has 20 heavy (non-hydrogen) atoms. The first kappa shape index (κ1) is 12.3. The van der Waals surface area contributed by atoms with Crippen LogP contribution in [0.25, 0.3) is 16.9 Å². The summed E-state index contributed by atoms with van der Waals surface area (Å²) in [6, 6.07) is 7.52. The van der Waals surface area contributed by atoms with E-state index in [0.717, 1.165) is 17.0 Å². The molecule has 6 heteroatoms. The summed E-state index contributed by atoms with van der Waals surface area (Å²) in [7, 11) is 0. The van der Waals surface area contributed by atoms with Crippen molar-refractivity contribution < 1.29 is 9.90 Å². The Morgan fingerprint density at radius 3 is 2.95 bits per heavy atom. The maximum absolute atomic E-state index is 10.6. The number of pyridine rings is 1. The first-order valence-electron chi connectivity index (χ1n) is 6.20. The van der Waals surface area contributed by atoms with Crippen molar-refractivity contribution >= 4 is 11.6 Å². The van der Waals surface area contributed by atoms with Crippen LogP contribution in [-0.4, -0.2) is 30.7 Å². The average Bonchev–Trinajstić information content (AvgIpc) is 2.88. The molecule has 0 saturated heterocycles. The number of carboxylic acid groups (broad SMARTS) is 1. The van der Waals surface area contributed by atoms with E-state index in [1.807, 2.05) is 24.3 Å². The molecule has 6 nitrogen and oxygen atoms in total. The van der Waals surface area contributed by atoms with E-state index in [1.165, 1.54) is 0 Å². The zero-order valence-corrected chi connectivity index (χ0v) is 10.6. The van der Waals surface area contributed by atoms with Gasteiger partial charge in [0.2, 0.25) is 0 Å². The molecule has 3 rings (SSSR count). The fraction of sp³-hybridized carbons (Fsp3) is 0.143. The molecule has 0 fully saturated rings. The van der Waals surface area contributed by atoms with Crippen LogP contribution in [0, 0.1) is 0 Å². The lowest BCUT2D eigenvalue weighted by atomic mass is 10.2. The van der Waals surface area contributed by atoms with Gasteiger partial charge in [0.15, 0.2) is 5.65 Å². The smallest absolute Gasteiger partial charge is 0.303 e. The van der Waals surface area contributed by atoms with Crippen LogP contribution >= 0.6 is 0 Å². The number of nitrogens with zero attached hydrogens (tertiary/aromatic N) is 4. The summed E-state index contributed by atoms with van der Waals surface area (Å²) in [4.78, 5) is 19.0. The first-order chi connectivity index (χ1) is 9.72. The Labute approximate surface area is 114 Å². The highest BCUT2D eigenvalue weighted by Crippen LogP contribution is 2.16. The number of imidazole rings is 1. The van der Waals surface area contributed by atoms with Gasteiger partial charge in [0.25, 0.3) is 0 Å². The van der Waals surface area contributed by atoms with Crippen LogP contribution in [0.3, 0.4) is 0 Å². The highest BCUT2D eigenvalue weighted by Gasteiger charge is 2.07. The van der Waals surface area contributed by atoms with Crippen molar-refractivity contribution in [3.63, 3.8) is 0 Å². The molecule has 0 bridgehead atoms. The van der Waals surface area contributed by atoms with Gasteiger partial charge in [0.05, 0.1) is 24.0 Å². The lowest BCUT2D eigenvalue weighted by Gasteiger charge is -1.99. The lowest BCUT2D eigenvalue weighted by molar-refractivity contribution is -0.136. The minimum atomic E-state index is -0.828. The van der Waals surface area contributed by atoms with Gasteiger partial charge in [-0.25, -0.2) is 9.50 Å². The second-order valence-corrected chi connectivity index (χ2v) is 4.39. The van der Waals surface area contributed by atoms with Gasteiger partial charge in [-0.05, 0) is 24.3 Å². The van der Waals surface area contributed by atoms with Crippen LogP contribution in [0.5, 0.6) is 0 Å². The van der Waals surface area contributed by atoms with E-state index in [1.54, 1.807) is 23.1 Å². The van der Waals surface area contributed by atoms with Crippen LogP contribution in [0.2, 0.25) is 0 Å². The molecule has 0 aliphatic rings. The number of rotatable bonds is 4. The van der Waals surface area contributed by atoms with E-state index in [2.05, 4.69) is 15.1 Å². The van der Waals surface area contributed by atoms with Gasteiger partial charge >= 0.3 is 5.97 Å². The summed E-state index contributed by atoms with van der Waals surface area (Å²) in [5.74, 6) is -0.828. The standard InChI is InChI=1S/C14H12N4O2/c19-14(20)6-3-11-9-18-13(16-11)5-4-12(17-18)10-2-1-7-15-8-10/h1-2,4-5,7-9H,3,6H2,(H,19,20). The third-order valence-electron chi connectivity index (χ3n) is 2.92. The fourth-order valence-electron chi connectivity index (χ4n) is 1.95. The molecule has 3 heterocycles. The van der Waals surface area contributed by atoms with Gasteiger partial charge in [0.1, 0.15) is 0 Å². The normalized spacial score (nSPS) is 10.8. The summed E-state index contributed by atoms with van der Waals surface area (Å²) in [5, 5.41) is 13.1. The Hall–Kier alpha value is -2.76. The van der Waals surface area contributed by atoms with Gasteiger partial charge in [-0.2, -0.15) is 5.10 Å². The largest absolute Gasteiger partial charge is 0.481 e. The van der Waals surface area contributed by atoms with Gasteiger partial charge in [-0.3, -0.25) is 9.78 Å². The molecular formula is C14H12N4O2. The van der Waals surface area contributed by atoms with Gasteiger partial charge in [0, 0.05) is 24.4 Å². The summed E-state index contributed by atoms with van der Waals surface area (Å²) in [6.07, 6.45) is 5.69. The highest BCUT2D eigenvalue weighted by atomic mass is 16.4. The SMILES string of the molecule is O=C(O)CCc1cn2nc(-c3cccnc3)ccc2n1. The number of aromatic nitrogens is 4. The van der Waals surface area contributed by atoms with Crippen LogP contribution in [-0.2, 0) is 11.2 Å². The minimum Gasteiger partial charge on any atom is -0.481 e. The number of fused-ring (bicyclic) bond motifs is 1. The molecular weight excluding hydrogens is 256 g/mol. The molecule has 100 valence electrons. The van der Waals surface area contributed by atoms with E-state index >= 15 is 0 Å². The number of aryl methyl sites for hydroxylation is 1. The zero-order valence-electron chi connectivity index (χ0n) is 10.6. The molecule has 0 amide bonds. The minimum absolute atomic E-state index is 0.0688. The molecule has 0 aliphatic carbocycles. The molecule has 0 spiro atoms. The van der Waals surface area contributed by atoms with Crippen molar-refractivity contribution in [3.05, 3.63) is 48.5 Å². The second kappa shape index (κ2) is 5.08. The zero-order chi connectivity index (χ0) is 13.9. The molecule has 0 atom stereocenters. The third-order valence-corrected chi connectivity index (χ3v) is 2.92. The van der Waals surface area contributed by atoms with Gasteiger partial charge in [-0.15, -0.1) is 0 Å². The summed E-state index contributed by atoms with van der Waals surface area (Å²) in [6.45, 7) is 0. The van der Waals surface area contributed by atoms with E-state index in [-0.39, 0.29) is 6.42 Å². The molecule has 0 unspecified atom stereocenters. The third kappa shape index (κ3) is 2.49. The van der Waals surface area contributed by atoms with Crippen LogP contribution in [0.4, 0.5) is 0 Å². The number of carbonyl (C=O) groups is 1. The van der Waals surface area contributed by atoms with Crippen LogP contribution in [0.15, 0.2) is 42.9 Å². The van der Waals surface area contributed by atoms with E-state index < -0.39 is 5.97 Å². The Bertz CT molecular complexity index is 752. The lowest BCUT2D eigenvalue weighted by Crippen LogP contribution is -1.97. The summed E-state index contributed by atoms with van der Waals surface area (Å²) < 4.78 is 1.67. The topological polar surface area (TPSA) is 80.4 Å². The van der Waals surface area contributed by atoms with E-state index in [9.17, 15) is 4.79 Å². The molecule has 1 N–H and O–H groups in total. The first-order valence-corrected chi connectivity index (χ1v) is 6.20. The Morgan fingerprint density at radius 2 is 2.20 bits per heavy atom. The monoisotopic (exact) mass is 268 g/mol. The van der Waals surface area contributed by atoms with Crippen molar-refractivity contribution in [1.29, 1.82) is 0 Å². The van der Waals surface area contributed by atoms with E-state index in [4.69, 9.17) is 5.11 Å². The number of hydrogen-bond donors (Lipinski definition) is 1. The van der Waals surface area contributed by atoms with E-state index in [0.29, 0.717) is 12.1 Å². The fourth-order valence-corrected chi connectivity index (χ4v) is 1.95.